The normalized spacial score (nSPS) is 13.0. The monoisotopic (exact) mass is 779 g/mol. The highest BCUT2D eigenvalue weighted by Crippen LogP contribution is 2.47. The van der Waals surface area contributed by atoms with Gasteiger partial charge in [0.15, 0.2) is 0 Å². The van der Waals surface area contributed by atoms with Gasteiger partial charge in [0.2, 0.25) is 0 Å². The van der Waals surface area contributed by atoms with Crippen molar-refractivity contribution in [2.75, 3.05) is 16.6 Å². The maximum Gasteiger partial charge on any atom is 0.0999 e. The van der Waals surface area contributed by atoms with E-state index in [0.29, 0.717) is 0 Å². The lowest BCUT2D eigenvalue weighted by Gasteiger charge is -2.00. The molecule has 11 rings (SSSR count). The molecule has 0 unspecified atom stereocenters. The average molecular weight is 780 g/mol. The summed E-state index contributed by atoms with van der Waals surface area (Å²) in [5.41, 5.74) is 14.8. The van der Waals surface area contributed by atoms with Crippen molar-refractivity contribution in [2.24, 2.45) is 10.2 Å². The Kier molecular flexibility index (Phi) is 6.98. The fraction of sp³-hybridized carbons (Fsp3) is 0.0244. The number of hydrogen-bond donors (Lipinski definition) is 3. The molecule has 6 aromatic heterocycles. The van der Waals surface area contributed by atoms with E-state index in [1.54, 1.807) is 22.7 Å². The van der Waals surface area contributed by atoms with Crippen molar-refractivity contribution in [3.63, 3.8) is 0 Å². The molecule has 11 aromatic rings. The van der Waals surface area contributed by atoms with Gasteiger partial charge < -0.3 is 5.73 Å². The van der Waals surface area contributed by atoms with Crippen molar-refractivity contribution >= 4 is 145 Å². The lowest BCUT2D eigenvalue weighted by atomic mass is 10.1. The Morgan fingerprint density at radius 2 is 0.904 bits per heavy atom. The summed E-state index contributed by atoms with van der Waals surface area (Å²) in [7, 11) is 0. The second-order valence-electron chi connectivity index (χ2n) is 12.7. The predicted molar refractivity (Wildman–Crippen MR) is 232 cm³/mol. The summed E-state index contributed by atoms with van der Waals surface area (Å²) in [5.74, 6) is 0. The molecule has 0 atom stereocenters. The van der Waals surface area contributed by atoms with Crippen LogP contribution in [-0.2, 0) is 0 Å². The Bertz CT molecular complexity index is 2990. The van der Waals surface area contributed by atoms with Crippen LogP contribution in [0.3, 0.4) is 0 Å². The first kappa shape index (κ1) is 30.7. The highest BCUT2D eigenvalue weighted by molar-refractivity contribution is 7.34. The number of aryl methyl sites for hydroxylation is 1. The Morgan fingerprint density at radius 3 is 1.40 bits per heavy atom. The van der Waals surface area contributed by atoms with Crippen LogP contribution < -0.4 is 27.3 Å². The first-order chi connectivity index (χ1) is 25.5. The van der Waals surface area contributed by atoms with Crippen molar-refractivity contribution in [1.82, 2.24) is 0 Å². The lowest BCUT2D eigenvalue weighted by Crippen LogP contribution is -2.05. The second-order valence-corrected chi connectivity index (χ2v) is 19.4. The molecule has 250 valence electrons. The number of nitrogen functional groups attached to an aromatic ring is 1. The van der Waals surface area contributed by atoms with E-state index >= 15 is 0 Å². The topological polar surface area (TPSA) is 74.8 Å². The van der Waals surface area contributed by atoms with E-state index in [9.17, 15) is 0 Å². The first-order valence-electron chi connectivity index (χ1n) is 16.6. The summed E-state index contributed by atoms with van der Waals surface area (Å²) in [6, 6.07) is 38.7. The molecule has 0 saturated heterocycles. The molecule has 6 heterocycles. The van der Waals surface area contributed by atoms with Crippen LogP contribution in [0.25, 0.3) is 80.0 Å². The zero-order valence-electron chi connectivity index (χ0n) is 27.3. The van der Waals surface area contributed by atoms with Crippen LogP contribution in [0.4, 0.5) is 16.4 Å². The summed E-state index contributed by atoms with van der Waals surface area (Å²) in [6.07, 6.45) is 0. The molecule has 11 heteroatoms. The van der Waals surface area contributed by atoms with Crippen LogP contribution in [0.2, 0.25) is 0 Å². The van der Waals surface area contributed by atoms with Gasteiger partial charge >= 0.3 is 0 Å². The van der Waals surface area contributed by atoms with Gasteiger partial charge in [-0.1, -0.05) is 36.4 Å². The summed E-state index contributed by atoms with van der Waals surface area (Å²) in [5, 5.41) is 20.0. The van der Waals surface area contributed by atoms with Crippen molar-refractivity contribution in [1.29, 1.82) is 0 Å². The highest BCUT2D eigenvalue weighted by atomic mass is 32.1. The van der Waals surface area contributed by atoms with Crippen molar-refractivity contribution < 1.29 is 0 Å². The minimum Gasteiger partial charge on any atom is -0.391 e. The fourth-order valence-corrected chi connectivity index (χ4v) is 14.0. The summed E-state index contributed by atoms with van der Waals surface area (Å²) in [4.78, 5) is 6.43. The van der Waals surface area contributed by atoms with Crippen LogP contribution in [-0.4, -0.2) is 0 Å². The molecule has 52 heavy (non-hydrogen) atoms. The summed E-state index contributed by atoms with van der Waals surface area (Å²) >= 11 is 10.9. The largest absolute Gasteiger partial charge is 0.391 e. The van der Waals surface area contributed by atoms with E-state index in [2.05, 4.69) is 66.3 Å². The minimum absolute atomic E-state index is 0.857. The van der Waals surface area contributed by atoms with Gasteiger partial charge in [0.05, 0.1) is 27.1 Å². The molecule has 0 fully saturated rings. The Morgan fingerprint density at radius 1 is 0.442 bits per heavy atom. The van der Waals surface area contributed by atoms with Crippen LogP contribution in [0.15, 0.2) is 119 Å². The zero-order valence-corrected chi connectivity index (χ0v) is 32.2. The van der Waals surface area contributed by atoms with E-state index in [-0.39, 0.29) is 0 Å². The van der Waals surface area contributed by atoms with E-state index in [4.69, 9.17) is 15.9 Å². The van der Waals surface area contributed by atoms with Crippen molar-refractivity contribution in [2.45, 2.75) is 6.92 Å². The number of nitrogens with two attached hydrogens (primary N) is 1. The number of benzene rings is 3. The van der Waals surface area contributed by atoms with Gasteiger partial charge in [0.1, 0.15) is 0 Å². The standard InChI is InChI=1S/C41H25N5S6/c1-20-12-29-32(47-20)17-33(48-29)30-15-27-38(45-43-21-8-4-2-5-9-21)23-14-26-24(13-25(23)40(27)51-30)39(46-44-22-10-6-3-7-11-22)28-16-31(52-41(26)28)34-18-35-36(49-34)19-37(42)50-35/h2-19,43-44H,42H2,1H3/b45-38-,46-39-. The molecular formula is C41H25N5S6. The van der Waals surface area contributed by atoms with Gasteiger partial charge in [0, 0.05) is 84.9 Å². The van der Waals surface area contributed by atoms with Crippen molar-refractivity contribution in [3.05, 3.63) is 125 Å². The number of anilines is 3. The number of rotatable bonds is 6. The maximum absolute atomic E-state index is 6.12. The van der Waals surface area contributed by atoms with Crippen molar-refractivity contribution in [3.8, 4) is 19.5 Å². The smallest absolute Gasteiger partial charge is 0.0999 e. The van der Waals surface area contributed by atoms with Crippen LogP contribution in [0, 0.1) is 6.92 Å². The van der Waals surface area contributed by atoms with E-state index < -0.39 is 0 Å². The molecule has 0 saturated carbocycles. The maximum atomic E-state index is 6.12. The Hall–Kier alpha value is -4.88. The third-order valence-corrected chi connectivity index (χ3v) is 16.4. The third-order valence-electron chi connectivity index (χ3n) is 9.31. The number of hydrogen-bond acceptors (Lipinski definition) is 11. The fourth-order valence-electron chi connectivity index (χ4n) is 6.99. The zero-order chi connectivity index (χ0) is 34.5. The SMILES string of the molecule is Cc1cc2sc(-c3cc4/c(=N\Nc5ccccc5)c5cc6c(cc5c4s3)/c(=N/Nc3ccccc3)c3cc(-c4cc5sc(N)cc5s4)sc36)cc2s1. The highest BCUT2D eigenvalue weighted by Gasteiger charge is 2.21. The third kappa shape index (κ3) is 4.96. The molecule has 0 amide bonds. The van der Waals surface area contributed by atoms with E-state index in [0.717, 1.165) is 43.2 Å². The molecule has 5 aromatic carbocycles. The number of fused-ring (bicyclic) bond motifs is 8. The lowest BCUT2D eigenvalue weighted by molar-refractivity contribution is 1.25. The Labute approximate surface area is 320 Å². The predicted octanol–water partition coefficient (Wildman–Crippen LogP) is 12.9. The summed E-state index contributed by atoms with van der Waals surface area (Å²) in [6.45, 7) is 2.18. The first-order valence-corrected chi connectivity index (χ1v) is 21.5. The molecule has 0 spiro atoms. The van der Waals surface area contributed by atoms with Gasteiger partial charge in [-0.15, -0.1) is 68.0 Å². The molecular weight excluding hydrogens is 755 g/mol. The average Bonchev–Trinajstić information content (AvgIpc) is 4.00. The molecule has 0 aliphatic carbocycles. The van der Waals surface area contributed by atoms with E-state index in [1.807, 2.05) is 106 Å². The molecule has 0 aliphatic rings. The molecule has 0 radical (unpaired) electrons. The van der Waals surface area contributed by atoms with Crippen LogP contribution in [0.5, 0.6) is 0 Å². The molecule has 5 nitrogen and oxygen atoms in total. The number of thiophene rings is 6. The molecule has 0 aliphatic heterocycles. The molecule has 0 bridgehead atoms. The minimum atomic E-state index is 0.857. The van der Waals surface area contributed by atoms with Gasteiger partial charge in [-0.25, -0.2) is 0 Å². The quantitative estimate of drug-likeness (QED) is 0.147. The number of para-hydroxylation sites is 2. The molecule has 4 N–H and O–H groups in total. The Balaban J connectivity index is 1.16. The van der Waals surface area contributed by atoms with Gasteiger partial charge in [-0.05, 0) is 79.7 Å². The number of nitrogens with zero attached hydrogens (tertiary/aromatic N) is 2. The van der Waals surface area contributed by atoms with Gasteiger partial charge in [-0.3, -0.25) is 10.9 Å². The number of nitrogens with one attached hydrogen (secondary N) is 2. The van der Waals surface area contributed by atoms with Gasteiger partial charge in [0.25, 0.3) is 0 Å². The van der Waals surface area contributed by atoms with Crippen LogP contribution >= 0.6 is 68.0 Å². The van der Waals surface area contributed by atoms with E-state index in [1.165, 1.54) is 68.7 Å². The van der Waals surface area contributed by atoms with Crippen LogP contribution in [0.1, 0.15) is 4.88 Å². The second kappa shape index (κ2) is 11.8. The van der Waals surface area contributed by atoms with Gasteiger partial charge in [-0.2, -0.15) is 10.2 Å². The summed E-state index contributed by atoms with van der Waals surface area (Å²) < 4.78 is 7.66.